The Kier molecular flexibility index (Phi) is 3.90. The van der Waals surface area contributed by atoms with E-state index >= 15 is 0 Å². The summed E-state index contributed by atoms with van der Waals surface area (Å²) in [6.07, 6.45) is 9.29. The van der Waals surface area contributed by atoms with E-state index in [1.807, 2.05) is 6.08 Å². The first-order valence-corrected chi connectivity index (χ1v) is 10.9. The SMILES string of the molecule is C[C@]12CCC3C(CC[C@H]4CC(OS(=O)(=O)O)=CC[C@]34C)C1CCC2=O. The van der Waals surface area contributed by atoms with Crippen LogP contribution in [0.3, 0.4) is 0 Å². The molecule has 3 fully saturated rings. The Morgan fingerprint density at radius 2 is 1.92 bits per heavy atom. The number of allylic oxidation sites excluding steroid dienone is 2. The van der Waals surface area contributed by atoms with Crippen molar-refractivity contribution in [1.82, 2.24) is 0 Å². The highest BCUT2D eigenvalue weighted by atomic mass is 32.3. The number of rotatable bonds is 2. The molecule has 0 aromatic heterocycles. The smallest absolute Gasteiger partial charge is 0.367 e. The summed E-state index contributed by atoms with van der Waals surface area (Å²) >= 11 is 0. The van der Waals surface area contributed by atoms with E-state index in [1.54, 1.807) is 0 Å². The van der Waals surface area contributed by atoms with E-state index < -0.39 is 10.4 Å². The second-order valence-electron chi connectivity index (χ2n) is 9.16. The third-order valence-electron chi connectivity index (χ3n) is 8.20. The van der Waals surface area contributed by atoms with Crippen LogP contribution in [0.2, 0.25) is 0 Å². The van der Waals surface area contributed by atoms with E-state index in [-0.39, 0.29) is 10.8 Å². The van der Waals surface area contributed by atoms with Crippen molar-refractivity contribution in [3.63, 3.8) is 0 Å². The van der Waals surface area contributed by atoms with E-state index in [0.717, 1.165) is 44.9 Å². The normalized spacial score (nSPS) is 46.7. The summed E-state index contributed by atoms with van der Waals surface area (Å²) in [5.41, 5.74) is 0.0378. The zero-order chi connectivity index (χ0) is 18.0. The van der Waals surface area contributed by atoms with E-state index in [1.165, 1.54) is 0 Å². The van der Waals surface area contributed by atoms with Crippen molar-refractivity contribution >= 4 is 16.2 Å². The summed E-state index contributed by atoms with van der Waals surface area (Å²) in [6, 6.07) is 0. The van der Waals surface area contributed by atoms with Gasteiger partial charge in [0.15, 0.2) is 0 Å². The Labute approximate surface area is 150 Å². The van der Waals surface area contributed by atoms with Gasteiger partial charge in [-0.25, -0.2) is 0 Å². The lowest BCUT2D eigenvalue weighted by atomic mass is 9.46. The van der Waals surface area contributed by atoms with Crippen LogP contribution in [-0.2, 0) is 19.4 Å². The van der Waals surface area contributed by atoms with Crippen LogP contribution in [0.4, 0.5) is 0 Å². The first-order valence-electron chi connectivity index (χ1n) is 9.53. The minimum Gasteiger partial charge on any atom is -0.367 e. The van der Waals surface area contributed by atoms with Crippen LogP contribution < -0.4 is 0 Å². The molecule has 6 atom stereocenters. The van der Waals surface area contributed by atoms with Crippen LogP contribution >= 0.6 is 0 Å². The van der Waals surface area contributed by atoms with Crippen LogP contribution in [0, 0.1) is 34.5 Å². The van der Waals surface area contributed by atoms with Crippen molar-refractivity contribution in [3.8, 4) is 0 Å². The molecule has 4 aliphatic rings. The molecule has 4 aliphatic carbocycles. The Balaban J connectivity index is 1.59. The second-order valence-corrected chi connectivity index (χ2v) is 10.2. The molecule has 1 N–H and O–H groups in total. The lowest BCUT2D eigenvalue weighted by molar-refractivity contribution is -0.136. The fraction of sp³-hybridized carbons (Fsp3) is 0.842. The minimum absolute atomic E-state index is 0.103. The summed E-state index contributed by atoms with van der Waals surface area (Å²) in [6.45, 7) is 4.53. The number of Topliss-reactive ketones (excluding diaryl/α,β-unsaturated/α-hetero) is 1. The van der Waals surface area contributed by atoms with Gasteiger partial charge in [-0.15, -0.1) is 0 Å². The predicted molar refractivity (Wildman–Crippen MR) is 92.8 cm³/mol. The van der Waals surface area contributed by atoms with Crippen LogP contribution in [-0.4, -0.2) is 18.8 Å². The summed E-state index contributed by atoms with van der Waals surface area (Å²) in [5, 5.41) is 0. The number of hydrogen-bond donors (Lipinski definition) is 1. The summed E-state index contributed by atoms with van der Waals surface area (Å²) < 4.78 is 35.7. The molecule has 3 saturated carbocycles. The van der Waals surface area contributed by atoms with Gasteiger partial charge in [0, 0.05) is 18.3 Å². The van der Waals surface area contributed by atoms with Gasteiger partial charge in [-0.2, -0.15) is 8.42 Å². The summed E-state index contributed by atoms with van der Waals surface area (Å²) in [7, 11) is -4.44. The van der Waals surface area contributed by atoms with E-state index in [2.05, 4.69) is 13.8 Å². The van der Waals surface area contributed by atoms with Crippen molar-refractivity contribution in [2.75, 3.05) is 0 Å². The standard InChI is InChI=1S/C19H28O5S/c1-18-9-7-13(24-25(21,22)23)11-12(18)3-4-14-15-5-6-17(20)19(15,2)10-8-16(14)18/h7,12,14-16H,3-6,8-11H2,1-2H3,(H,21,22,23)/t12-,14?,15?,16?,18-,19-/m0/s1. The number of carbonyl (C=O) groups excluding carboxylic acids is 1. The topological polar surface area (TPSA) is 80.7 Å². The van der Waals surface area contributed by atoms with Gasteiger partial charge in [0.1, 0.15) is 11.5 Å². The van der Waals surface area contributed by atoms with E-state index in [4.69, 9.17) is 8.74 Å². The van der Waals surface area contributed by atoms with Crippen LogP contribution in [0.15, 0.2) is 11.8 Å². The average Bonchev–Trinajstić information content (AvgIpc) is 2.82. The number of ketones is 1. The number of hydrogen-bond acceptors (Lipinski definition) is 4. The maximum absolute atomic E-state index is 12.4. The molecule has 0 aliphatic heterocycles. The summed E-state index contributed by atoms with van der Waals surface area (Å²) in [5.74, 6) is 2.98. The molecule has 0 saturated heterocycles. The number of carbonyl (C=O) groups is 1. The van der Waals surface area contributed by atoms with Crippen molar-refractivity contribution in [3.05, 3.63) is 11.8 Å². The molecule has 0 aromatic rings. The first-order chi connectivity index (χ1) is 11.6. The predicted octanol–water partition coefficient (Wildman–Crippen LogP) is 3.91. The highest BCUT2D eigenvalue weighted by Gasteiger charge is 2.59. The summed E-state index contributed by atoms with van der Waals surface area (Å²) in [4.78, 5) is 12.4. The lowest BCUT2D eigenvalue weighted by Gasteiger charge is -2.58. The van der Waals surface area contributed by atoms with E-state index in [9.17, 15) is 13.2 Å². The highest BCUT2D eigenvalue weighted by Crippen LogP contribution is 2.65. The molecule has 0 heterocycles. The molecule has 0 aromatic carbocycles. The van der Waals surface area contributed by atoms with E-state index in [0.29, 0.717) is 41.6 Å². The molecule has 0 amide bonds. The third kappa shape index (κ3) is 2.67. The molecule has 3 unspecified atom stereocenters. The lowest BCUT2D eigenvalue weighted by Crippen LogP contribution is -2.52. The molecule has 0 radical (unpaired) electrons. The van der Waals surface area contributed by atoms with Crippen molar-refractivity contribution in [1.29, 1.82) is 0 Å². The molecule has 6 heteroatoms. The zero-order valence-electron chi connectivity index (χ0n) is 15.0. The van der Waals surface area contributed by atoms with Crippen molar-refractivity contribution < 1.29 is 21.9 Å². The van der Waals surface area contributed by atoms with Crippen LogP contribution in [0.25, 0.3) is 0 Å². The van der Waals surface area contributed by atoms with Gasteiger partial charge in [0.25, 0.3) is 0 Å². The molecule has 25 heavy (non-hydrogen) atoms. The highest BCUT2D eigenvalue weighted by molar-refractivity contribution is 7.81. The van der Waals surface area contributed by atoms with Crippen molar-refractivity contribution in [2.45, 2.75) is 65.2 Å². The average molecular weight is 368 g/mol. The zero-order valence-corrected chi connectivity index (χ0v) is 15.8. The first kappa shape index (κ1) is 17.5. The molecule has 140 valence electrons. The molecule has 0 spiro atoms. The van der Waals surface area contributed by atoms with Gasteiger partial charge in [-0.3, -0.25) is 9.35 Å². The monoisotopic (exact) mass is 368 g/mol. The van der Waals surface area contributed by atoms with Crippen LogP contribution in [0.5, 0.6) is 0 Å². The van der Waals surface area contributed by atoms with Gasteiger partial charge in [0.2, 0.25) is 0 Å². The van der Waals surface area contributed by atoms with Crippen molar-refractivity contribution in [2.24, 2.45) is 34.5 Å². The molecule has 0 bridgehead atoms. The maximum atomic E-state index is 12.4. The Morgan fingerprint density at radius 3 is 2.64 bits per heavy atom. The van der Waals surface area contributed by atoms with Gasteiger partial charge in [-0.05, 0) is 73.7 Å². The van der Waals surface area contributed by atoms with Gasteiger partial charge in [0.05, 0.1) is 0 Å². The molecule has 4 rings (SSSR count). The Bertz CT molecular complexity index is 726. The Hall–Kier alpha value is -0.880. The maximum Gasteiger partial charge on any atom is 0.446 e. The fourth-order valence-corrected chi connectivity index (χ4v) is 7.23. The molecular weight excluding hydrogens is 340 g/mol. The quantitative estimate of drug-likeness (QED) is 0.747. The van der Waals surface area contributed by atoms with Gasteiger partial charge >= 0.3 is 10.4 Å². The largest absolute Gasteiger partial charge is 0.446 e. The molecular formula is C19H28O5S. The minimum atomic E-state index is -4.44. The van der Waals surface area contributed by atoms with Crippen LogP contribution in [0.1, 0.15) is 65.2 Å². The van der Waals surface area contributed by atoms with Gasteiger partial charge < -0.3 is 4.18 Å². The van der Waals surface area contributed by atoms with Gasteiger partial charge in [-0.1, -0.05) is 13.8 Å². The molecule has 5 nitrogen and oxygen atoms in total. The number of fused-ring (bicyclic) bond motifs is 5. The Morgan fingerprint density at radius 1 is 1.16 bits per heavy atom. The fourth-order valence-electron chi connectivity index (χ4n) is 6.82. The second kappa shape index (κ2) is 5.56. The third-order valence-corrected chi connectivity index (χ3v) is 8.63.